The molecule has 0 aromatic rings. The summed E-state index contributed by atoms with van der Waals surface area (Å²) in [7, 11) is -4.01. The van der Waals surface area contributed by atoms with Crippen molar-refractivity contribution in [2.45, 2.75) is 89.7 Å². The molecule has 2 saturated heterocycles. The van der Waals surface area contributed by atoms with Gasteiger partial charge in [-0.2, -0.15) is 5.57 Å². The first-order valence-corrected chi connectivity index (χ1v) is 17.8. The number of allylic oxidation sites excluding steroid dienone is 1. The van der Waals surface area contributed by atoms with Crippen LogP contribution in [0.25, 0.3) is 0 Å². The normalized spacial score (nSPS) is 46.4. The van der Waals surface area contributed by atoms with Crippen molar-refractivity contribution in [1.82, 2.24) is 0 Å². The fraction of sp³-hybridized carbons (Fsp3) is 0.826. The molecule has 4 bridgehead atoms. The van der Waals surface area contributed by atoms with E-state index in [0.717, 1.165) is 38.0 Å². The molecular formula is C23H37MoO4Si2-. The van der Waals surface area contributed by atoms with Crippen LogP contribution in [0.15, 0.2) is 11.1 Å². The van der Waals surface area contributed by atoms with Crippen molar-refractivity contribution in [3.05, 3.63) is 17.6 Å². The molecule has 5 aliphatic rings. The summed E-state index contributed by atoms with van der Waals surface area (Å²) in [5.41, 5.74) is 3.14. The van der Waals surface area contributed by atoms with Crippen LogP contribution in [0.5, 0.6) is 0 Å². The third-order valence-electron chi connectivity index (χ3n) is 8.58. The monoisotopic (exact) mass is 531 g/mol. The molecule has 0 aromatic carbocycles. The SMILES string of the molecule is CC1=C2C[C@@H](C[CH-]1)C[C@H]1[C@H]3CO[C@H]3CC3O[Si](C)(C)C[Si](C)(C)OC2C(=O)[C@]31C.[Mo]. The van der Waals surface area contributed by atoms with Gasteiger partial charge in [0, 0.05) is 27.0 Å². The molecular weight excluding hydrogens is 492 g/mol. The standard InChI is InChI=1S/C23H37O4Si2.Mo/c1-14-7-8-15-9-16(14)21-22(24)23(2)18(10-15)17-12-25-19(17)11-20(23)26-28(3,4)13-29(5,6)27-21;/h7,15,17-21H,8-13H2,1-6H3;/q-1;/t15-,17-,18+,19+,20?,21?,23+;/m1./s1. The smallest absolute Gasteiger partial charge is 0.186 e. The molecule has 0 N–H and O–H groups in total. The van der Waals surface area contributed by atoms with Crippen molar-refractivity contribution in [3.63, 3.8) is 0 Å². The number of hydrogen-bond donors (Lipinski definition) is 0. The maximum absolute atomic E-state index is 14.4. The molecule has 7 atom stereocenters. The minimum absolute atomic E-state index is 0. The van der Waals surface area contributed by atoms with Crippen molar-refractivity contribution in [1.29, 1.82) is 0 Å². The van der Waals surface area contributed by atoms with Gasteiger partial charge in [-0.15, -0.1) is 0 Å². The van der Waals surface area contributed by atoms with Gasteiger partial charge >= 0.3 is 0 Å². The summed E-state index contributed by atoms with van der Waals surface area (Å²) in [5, 5.41) is 0. The van der Waals surface area contributed by atoms with Crippen molar-refractivity contribution >= 4 is 22.4 Å². The molecule has 30 heavy (non-hydrogen) atoms. The molecule has 0 aromatic heterocycles. The van der Waals surface area contributed by atoms with Crippen LogP contribution in [-0.2, 0) is 39.4 Å². The predicted molar refractivity (Wildman–Crippen MR) is 118 cm³/mol. The van der Waals surface area contributed by atoms with Crippen LogP contribution >= 0.6 is 0 Å². The van der Waals surface area contributed by atoms with E-state index in [4.69, 9.17) is 13.6 Å². The first-order valence-electron chi connectivity index (χ1n) is 11.5. The largest absolute Gasteiger partial charge is 0.420 e. The summed E-state index contributed by atoms with van der Waals surface area (Å²) in [6.45, 7) is 14.5. The van der Waals surface area contributed by atoms with Crippen LogP contribution in [0.1, 0.15) is 39.5 Å². The van der Waals surface area contributed by atoms with Crippen molar-refractivity contribution in [2.24, 2.45) is 23.2 Å². The van der Waals surface area contributed by atoms with Gasteiger partial charge in [0.25, 0.3) is 0 Å². The molecule has 5 rings (SSSR count). The Morgan fingerprint density at radius 2 is 1.80 bits per heavy atom. The Labute approximate surface area is 198 Å². The Hall–Kier alpha value is 0.282. The Bertz CT molecular complexity index is 766. The van der Waals surface area contributed by atoms with Crippen LogP contribution in [-0.4, -0.2) is 47.3 Å². The van der Waals surface area contributed by atoms with Gasteiger partial charge in [0.1, 0.15) is 0 Å². The van der Waals surface area contributed by atoms with E-state index in [-0.39, 0.29) is 39.4 Å². The summed E-state index contributed by atoms with van der Waals surface area (Å²) >= 11 is 0. The van der Waals surface area contributed by atoms with Crippen LogP contribution in [0.2, 0.25) is 31.9 Å². The minimum Gasteiger partial charge on any atom is -0.420 e. The Morgan fingerprint density at radius 1 is 1.10 bits per heavy atom. The fourth-order valence-corrected chi connectivity index (χ4v) is 18.2. The third kappa shape index (κ3) is 3.62. The van der Waals surface area contributed by atoms with Crippen molar-refractivity contribution < 1.29 is 39.4 Å². The second-order valence-corrected chi connectivity index (χ2v) is 20.7. The Balaban J connectivity index is 0.00000218. The molecule has 7 heteroatoms. The number of rotatable bonds is 0. The Morgan fingerprint density at radius 3 is 2.47 bits per heavy atom. The number of fused-ring (bicyclic) bond motifs is 6. The first kappa shape index (κ1) is 23.4. The number of ether oxygens (including phenoxy) is 1. The molecule has 4 fully saturated rings. The molecule has 3 aliphatic carbocycles. The summed E-state index contributed by atoms with van der Waals surface area (Å²) < 4.78 is 19.9. The van der Waals surface area contributed by atoms with E-state index >= 15 is 0 Å². The summed E-state index contributed by atoms with van der Waals surface area (Å²) in [4.78, 5) is 14.4. The number of ketones is 1. The summed E-state index contributed by atoms with van der Waals surface area (Å²) in [6, 6.07) is 0. The first-order chi connectivity index (χ1) is 13.5. The predicted octanol–water partition coefficient (Wildman–Crippen LogP) is 4.66. The van der Waals surface area contributed by atoms with E-state index in [1.54, 1.807) is 0 Å². The van der Waals surface area contributed by atoms with E-state index in [1.165, 1.54) is 11.1 Å². The van der Waals surface area contributed by atoms with Gasteiger partial charge in [0.15, 0.2) is 22.4 Å². The summed E-state index contributed by atoms with van der Waals surface area (Å²) in [6.07, 6.45) is 6.42. The van der Waals surface area contributed by atoms with Crippen LogP contribution in [0.3, 0.4) is 0 Å². The van der Waals surface area contributed by atoms with Gasteiger partial charge in [-0.05, 0) is 57.5 Å². The summed E-state index contributed by atoms with van der Waals surface area (Å²) in [5.74, 6) is 1.79. The zero-order valence-electron chi connectivity index (χ0n) is 19.3. The van der Waals surface area contributed by atoms with Gasteiger partial charge in [0.2, 0.25) is 0 Å². The molecule has 0 amide bonds. The van der Waals surface area contributed by atoms with Crippen LogP contribution < -0.4 is 0 Å². The zero-order chi connectivity index (χ0) is 20.8. The molecule has 2 unspecified atom stereocenters. The van der Waals surface area contributed by atoms with E-state index in [9.17, 15) is 4.79 Å². The maximum atomic E-state index is 14.4. The van der Waals surface area contributed by atoms with E-state index < -0.39 is 22.0 Å². The quantitative estimate of drug-likeness (QED) is 0.338. The number of carbonyl (C=O) groups is 1. The minimum atomic E-state index is -2.05. The molecule has 2 heterocycles. The topological polar surface area (TPSA) is 44.8 Å². The maximum Gasteiger partial charge on any atom is 0.186 e. The average molecular weight is 530 g/mol. The van der Waals surface area contributed by atoms with Crippen LogP contribution in [0, 0.1) is 29.6 Å². The number of carbonyl (C=O) groups excluding carboxylic acids is 1. The van der Waals surface area contributed by atoms with Gasteiger partial charge in [-0.3, -0.25) is 4.79 Å². The van der Waals surface area contributed by atoms with Gasteiger partial charge < -0.3 is 13.6 Å². The fourth-order valence-electron chi connectivity index (χ4n) is 7.29. The van der Waals surface area contributed by atoms with E-state index in [1.807, 2.05) is 0 Å². The van der Waals surface area contributed by atoms with Crippen molar-refractivity contribution in [3.8, 4) is 0 Å². The second-order valence-electron chi connectivity index (χ2n) is 11.8. The second kappa shape index (κ2) is 7.66. The average Bonchev–Trinajstić information content (AvgIpc) is 2.60. The number of hydrogen-bond acceptors (Lipinski definition) is 4. The number of Topliss-reactive ketones (excluding diaryl/α,β-unsaturated/α-hetero) is 1. The Kier molecular flexibility index (Phi) is 5.99. The van der Waals surface area contributed by atoms with Gasteiger partial charge in [0.05, 0.1) is 30.3 Å². The van der Waals surface area contributed by atoms with Gasteiger partial charge in [-0.25, -0.2) is 12.0 Å². The molecule has 2 saturated carbocycles. The van der Waals surface area contributed by atoms with E-state index in [2.05, 4.69) is 46.5 Å². The van der Waals surface area contributed by atoms with Crippen molar-refractivity contribution in [2.75, 3.05) is 6.61 Å². The zero-order valence-corrected chi connectivity index (χ0v) is 23.3. The molecule has 0 radical (unpaired) electrons. The molecule has 2 aliphatic heterocycles. The van der Waals surface area contributed by atoms with E-state index in [0.29, 0.717) is 23.5 Å². The molecule has 168 valence electrons. The third-order valence-corrected chi connectivity index (χ3v) is 17.2. The molecule has 0 spiro atoms. The molecule has 4 nitrogen and oxygen atoms in total. The van der Waals surface area contributed by atoms with Gasteiger partial charge in [-0.1, -0.05) is 25.7 Å². The van der Waals surface area contributed by atoms with Crippen LogP contribution in [0.4, 0.5) is 0 Å².